The van der Waals surface area contributed by atoms with Crippen LogP contribution in [0, 0.1) is 6.92 Å². The highest BCUT2D eigenvalue weighted by atomic mass is 19.4. The molecule has 18 heavy (non-hydrogen) atoms. The lowest BCUT2D eigenvalue weighted by Gasteiger charge is -2.09. The van der Waals surface area contributed by atoms with Gasteiger partial charge in [-0.15, -0.1) is 0 Å². The van der Waals surface area contributed by atoms with Gasteiger partial charge >= 0.3 is 6.18 Å². The van der Waals surface area contributed by atoms with Crippen molar-refractivity contribution >= 4 is 10.8 Å². The van der Waals surface area contributed by atoms with Crippen molar-refractivity contribution in [1.82, 2.24) is 5.32 Å². The largest absolute Gasteiger partial charge is 0.401 e. The molecule has 0 aliphatic heterocycles. The molecule has 4 heteroatoms. The molecule has 2 aromatic rings. The molecule has 1 N–H and O–H groups in total. The van der Waals surface area contributed by atoms with Crippen LogP contribution in [0.3, 0.4) is 0 Å². The van der Waals surface area contributed by atoms with Crippen molar-refractivity contribution in [3.63, 3.8) is 0 Å². The Hall–Kier alpha value is -1.55. The van der Waals surface area contributed by atoms with Gasteiger partial charge in [0.2, 0.25) is 0 Å². The third-order valence-electron chi connectivity index (χ3n) is 2.71. The first kappa shape index (κ1) is 12.9. The summed E-state index contributed by atoms with van der Waals surface area (Å²) in [6.07, 6.45) is -4.16. The Morgan fingerprint density at radius 2 is 1.67 bits per heavy atom. The van der Waals surface area contributed by atoms with Gasteiger partial charge in [-0.25, -0.2) is 0 Å². The maximum atomic E-state index is 12.0. The van der Waals surface area contributed by atoms with Crippen LogP contribution in [0.15, 0.2) is 36.4 Å². The van der Waals surface area contributed by atoms with E-state index in [0.29, 0.717) is 0 Å². The minimum absolute atomic E-state index is 0.226. The molecule has 0 spiro atoms. The average molecular weight is 253 g/mol. The standard InChI is InChI=1S/C14H14F3N/c1-10-2-4-13-7-11(3-5-12(13)6-10)8-18-9-14(15,16)17/h2-7,18H,8-9H2,1H3. The van der Waals surface area contributed by atoms with Gasteiger partial charge in [-0.3, -0.25) is 0 Å². The van der Waals surface area contributed by atoms with Gasteiger partial charge in [0.15, 0.2) is 0 Å². The second-order valence-electron chi connectivity index (χ2n) is 4.40. The molecule has 0 bridgehead atoms. The number of hydrogen-bond donors (Lipinski definition) is 1. The third-order valence-corrected chi connectivity index (χ3v) is 2.71. The van der Waals surface area contributed by atoms with Gasteiger partial charge < -0.3 is 5.32 Å². The van der Waals surface area contributed by atoms with Gasteiger partial charge in [0.25, 0.3) is 0 Å². The lowest BCUT2D eigenvalue weighted by atomic mass is 10.0. The maximum Gasteiger partial charge on any atom is 0.401 e. The fourth-order valence-electron chi connectivity index (χ4n) is 1.87. The van der Waals surface area contributed by atoms with Gasteiger partial charge in [0, 0.05) is 6.54 Å². The summed E-state index contributed by atoms with van der Waals surface area (Å²) in [5.74, 6) is 0. The molecule has 0 aliphatic carbocycles. The molecule has 0 amide bonds. The zero-order chi connectivity index (χ0) is 13.2. The number of rotatable bonds is 3. The van der Waals surface area contributed by atoms with Crippen molar-refractivity contribution in [3.8, 4) is 0 Å². The fourth-order valence-corrected chi connectivity index (χ4v) is 1.87. The van der Waals surface area contributed by atoms with E-state index in [9.17, 15) is 13.2 Å². The lowest BCUT2D eigenvalue weighted by molar-refractivity contribution is -0.125. The Balaban J connectivity index is 2.08. The second-order valence-corrected chi connectivity index (χ2v) is 4.40. The number of hydrogen-bond acceptors (Lipinski definition) is 1. The minimum Gasteiger partial charge on any atom is -0.305 e. The summed E-state index contributed by atoms with van der Waals surface area (Å²) in [6.45, 7) is 1.28. The zero-order valence-electron chi connectivity index (χ0n) is 10.0. The fraction of sp³-hybridized carbons (Fsp3) is 0.286. The maximum absolute atomic E-state index is 12.0. The molecular weight excluding hydrogens is 239 g/mol. The average Bonchev–Trinajstić information content (AvgIpc) is 2.27. The molecule has 0 saturated carbocycles. The first-order valence-electron chi connectivity index (χ1n) is 5.71. The van der Waals surface area contributed by atoms with Crippen molar-refractivity contribution < 1.29 is 13.2 Å². The van der Waals surface area contributed by atoms with Gasteiger partial charge in [0.1, 0.15) is 0 Å². The molecular formula is C14H14F3N. The molecule has 0 heterocycles. The Morgan fingerprint density at radius 3 is 2.39 bits per heavy atom. The van der Waals surface area contributed by atoms with E-state index in [1.807, 2.05) is 37.3 Å². The number of aryl methyl sites for hydroxylation is 1. The number of alkyl halides is 3. The van der Waals surface area contributed by atoms with Crippen LogP contribution in [-0.2, 0) is 6.54 Å². The topological polar surface area (TPSA) is 12.0 Å². The van der Waals surface area contributed by atoms with Crippen LogP contribution in [-0.4, -0.2) is 12.7 Å². The summed E-state index contributed by atoms with van der Waals surface area (Å²) in [7, 11) is 0. The summed E-state index contributed by atoms with van der Waals surface area (Å²) in [5, 5.41) is 4.55. The number of fused-ring (bicyclic) bond motifs is 1. The van der Waals surface area contributed by atoms with Crippen molar-refractivity contribution in [3.05, 3.63) is 47.5 Å². The van der Waals surface area contributed by atoms with Crippen LogP contribution >= 0.6 is 0 Å². The van der Waals surface area contributed by atoms with E-state index in [4.69, 9.17) is 0 Å². The van der Waals surface area contributed by atoms with Gasteiger partial charge in [-0.05, 0) is 29.3 Å². The molecule has 0 atom stereocenters. The summed E-state index contributed by atoms with van der Waals surface area (Å²) in [5.41, 5.74) is 2.03. The van der Waals surface area contributed by atoms with E-state index in [1.165, 1.54) is 5.56 Å². The molecule has 0 aliphatic rings. The lowest BCUT2D eigenvalue weighted by Crippen LogP contribution is -2.28. The zero-order valence-corrected chi connectivity index (χ0v) is 10.0. The predicted octanol–water partition coefficient (Wildman–Crippen LogP) is 3.80. The van der Waals surface area contributed by atoms with Crippen molar-refractivity contribution in [1.29, 1.82) is 0 Å². The Bertz CT molecular complexity index is 546. The predicted molar refractivity (Wildman–Crippen MR) is 66.4 cm³/mol. The second kappa shape index (κ2) is 4.98. The van der Waals surface area contributed by atoms with Crippen LogP contribution in [0.5, 0.6) is 0 Å². The first-order valence-corrected chi connectivity index (χ1v) is 5.71. The molecule has 2 rings (SSSR count). The molecule has 96 valence electrons. The monoisotopic (exact) mass is 253 g/mol. The summed E-state index contributed by atoms with van der Waals surface area (Å²) >= 11 is 0. The highest BCUT2D eigenvalue weighted by molar-refractivity contribution is 5.83. The normalized spacial score (nSPS) is 12.0. The SMILES string of the molecule is Cc1ccc2cc(CNCC(F)(F)F)ccc2c1. The molecule has 1 nitrogen and oxygen atoms in total. The number of benzene rings is 2. The highest BCUT2D eigenvalue weighted by Gasteiger charge is 2.25. The Kier molecular flexibility index (Phi) is 3.57. The third kappa shape index (κ3) is 3.47. The molecule has 0 aromatic heterocycles. The van der Waals surface area contributed by atoms with Crippen LogP contribution in [0.1, 0.15) is 11.1 Å². The van der Waals surface area contributed by atoms with Crippen LogP contribution < -0.4 is 5.32 Å². The van der Waals surface area contributed by atoms with Gasteiger partial charge in [0.05, 0.1) is 6.54 Å². The molecule has 0 unspecified atom stereocenters. The molecule has 0 fully saturated rings. The summed E-state index contributed by atoms with van der Waals surface area (Å²) in [4.78, 5) is 0. The van der Waals surface area contributed by atoms with Gasteiger partial charge in [-0.1, -0.05) is 35.9 Å². The molecule has 0 radical (unpaired) electrons. The highest BCUT2D eigenvalue weighted by Crippen LogP contribution is 2.18. The van der Waals surface area contributed by atoms with E-state index in [1.54, 1.807) is 0 Å². The van der Waals surface area contributed by atoms with E-state index < -0.39 is 12.7 Å². The van der Waals surface area contributed by atoms with Gasteiger partial charge in [-0.2, -0.15) is 13.2 Å². The summed E-state index contributed by atoms with van der Waals surface area (Å²) in [6, 6.07) is 11.7. The number of halogens is 3. The summed E-state index contributed by atoms with van der Waals surface area (Å²) < 4.78 is 36.0. The van der Waals surface area contributed by atoms with Crippen molar-refractivity contribution in [2.75, 3.05) is 6.54 Å². The van der Waals surface area contributed by atoms with Crippen LogP contribution in [0.2, 0.25) is 0 Å². The minimum atomic E-state index is -4.16. The number of nitrogens with one attached hydrogen (secondary N) is 1. The Labute approximate surface area is 104 Å². The quantitative estimate of drug-likeness (QED) is 0.877. The van der Waals surface area contributed by atoms with E-state index in [-0.39, 0.29) is 6.54 Å². The van der Waals surface area contributed by atoms with Crippen molar-refractivity contribution in [2.45, 2.75) is 19.6 Å². The van der Waals surface area contributed by atoms with Crippen LogP contribution in [0.25, 0.3) is 10.8 Å². The van der Waals surface area contributed by atoms with E-state index in [2.05, 4.69) is 11.4 Å². The molecule has 2 aromatic carbocycles. The Morgan fingerprint density at radius 1 is 1.00 bits per heavy atom. The van der Waals surface area contributed by atoms with E-state index >= 15 is 0 Å². The molecule has 0 saturated heterocycles. The first-order chi connectivity index (χ1) is 8.44. The smallest absolute Gasteiger partial charge is 0.305 e. The van der Waals surface area contributed by atoms with Crippen molar-refractivity contribution in [2.24, 2.45) is 0 Å². The van der Waals surface area contributed by atoms with Crippen LogP contribution in [0.4, 0.5) is 13.2 Å². The van der Waals surface area contributed by atoms with E-state index in [0.717, 1.165) is 16.3 Å².